The van der Waals surface area contributed by atoms with Crippen molar-refractivity contribution in [3.63, 3.8) is 0 Å². The van der Waals surface area contributed by atoms with Gasteiger partial charge in [-0.1, -0.05) is 0 Å². The monoisotopic (exact) mass is 223 g/mol. The number of hydrogen-bond donors (Lipinski definition) is 1. The Morgan fingerprint density at radius 3 is 3.00 bits per heavy atom. The minimum absolute atomic E-state index is 0.381. The van der Waals surface area contributed by atoms with Crippen molar-refractivity contribution in [2.45, 2.75) is 37.8 Å². The molecule has 3 rings (SSSR count). The fraction of sp³-hybridized carbons (Fsp3) is 0.727. The Morgan fingerprint density at radius 2 is 2.33 bits per heavy atom. The summed E-state index contributed by atoms with van der Waals surface area (Å²) >= 11 is 1.84. The number of nitrogens with zero attached hydrogens (tertiary/aromatic N) is 2. The zero-order valence-corrected chi connectivity index (χ0v) is 9.67. The average molecular weight is 223 g/mol. The first-order chi connectivity index (χ1) is 7.31. The fourth-order valence-electron chi connectivity index (χ4n) is 2.15. The van der Waals surface area contributed by atoms with E-state index in [4.69, 9.17) is 10.7 Å². The van der Waals surface area contributed by atoms with E-state index in [-0.39, 0.29) is 0 Å². The molecule has 2 aliphatic rings. The Labute approximate surface area is 94.3 Å². The van der Waals surface area contributed by atoms with Crippen LogP contribution in [0.15, 0.2) is 5.38 Å². The van der Waals surface area contributed by atoms with E-state index < -0.39 is 0 Å². The van der Waals surface area contributed by atoms with Gasteiger partial charge in [-0.05, 0) is 19.3 Å². The van der Waals surface area contributed by atoms with Crippen LogP contribution in [0.1, 0.15) is 35.9 Å². The first-order valence-corrected chi connectivity index (χ1v) is 6.61. The molecule has 2 heterocycles. The molecule has 0 unspecified atom stereocenters. The van der Waals surface area contributed by atoms with E-state index in [0.717, 1.165) is 32.0 Å². The van der Waals surface area contributed by atoms with E-state index in [2.05, 4.69) is 10.3 Å². The van der Waals surface area contributed by atoms with Crippen molar-refractivity contribution in [3.8, 4) is 0 Å². The highest BCUT2D eigenvalue weighted by Crippen LogP contribution is 2.41. The quantitative estimate of drug-likeness (QED) is 0.845. The van der Waals surface area contributed by atoms with Crippen LogP contribution in [0, 0.1) is 0 Å². The van der Waals surface area contributed by atoms with E-state index >= 15 is 0 Å². The molecule has 1 aromatic heterocycles. The SMILES string of the molecule is N[C@H]1CCN(Cc2csc(C3CC3)n2)C1. The van der Waals surface area contributed by atoms with Crippen LogP contribution >= 0.6 is 11.3 Å². The molecule has 0 amide bonds. The van der Waals surface area contributed by atoms with Crippen LogP contribution < -0.4 is 5.73 Å². The van der Waals surface area contributed by atoms with Gasteiger partial charge in [0.05, 0.1) is 10.7 Å². The van der Waals surface area contributed by atoms with Gasteiger partial charge in [-0.2, -0.15) is 0 Å². The van der Waals surface area contributed by atoms with Crippen LogP contribution in [0.4, 0.5) is 0 Å². The number of rotatable bonds is 3. The van der Waals surface area contributed by atoms with Crippen LogP contribution in [0.3, 0.4) is 0 Å². The lowest BCUT2D eigenvalue weighted by atomic mass is 10.3. The third-order valence-electron chi connectivity index (χ3n) is 3.19. The molecule has 15 heavy (non-hydrogen) atoms. The highest BCUT2D eigenvalue weighted by molar-refractivity contribution is 7.09. The average Bonchev–Trinajstić information content (AvgIpc) is 2.84. The van der Waals surface area contributed by atoms with Crippen LogP contribution in [0.25, 0.3) is 0 Å². The Balaban J connectivity index is 1.61. The first-order valence-electron chi connectivity index (χ1n) is 5.73. The summed E-state index contributed by atoms with van der Waals surface area (Å²) < 4.78 is 0. The summed E-state index contributed by atoms with van der Waals surface area (Å²) in [6.07, 6.45) is 3.84. The predicted octanol–water partition coefficient (Wildman–Crippen LogP) is 1.55. The normalized spacial score (nSPS) is 27.4. The molecule has 82 valence electrons. The van der Waals surface area contributed by atoms with Crippen LogP contribution in [0.2, 0.25) is 0 Å². The molecule has 0 bridgehead atoms. The van der Waals surface area contributed by atoms with E-state index in [1.807, 2.05) is 11.3 Å². The Morgan fingerprint density at radius 1 is 1.47 bits per heavy atom. The molecule has 3 nitrogen and oxygen atoms in total. The van der Waals surface area contributed by atoms with E-state index in [1.54, 1.807) is 0 Å². The van der Waals surface area contributed by atoms with Gasteiger partial charge in [0.1, 0.15) is 0 Å². The minimum Gasteiger partial charge on any atom is -0.326 e. The number of hydrogen-bond acceptors (Lipinski definition) is 4. The van der Waals surface area contributed by atoms with Crippen molar-refractivity contribution in [1.82, 2.24) is 9.88 Å². The Kier molecular flexibility index (Phi) is 2.50. The van der Waals surface area contributed by atoms with Crippen molar-refractivity contribution in [2.75, 3.05) is 13.1 Å². The Hall–Kier alpha value is -0.450. The molecule has 4 heteroatoms. The lowest BCUT2D eigenvalue weighted by molar-refractivity contribution is 0.323. The summed E-state index contributed by atoms with van der Waals surface area (Å²) in [4.78, 5) is 7.11. The largest absolute Gasteiger partial charge is 0.326 e. The maximum absolute atomic E-state index is 5.88. The fourth-order valence-corrected chi connectivity index (χ4v) is 3.13. The van der Waals surface area contributed by atoms with Gasteiger partial charge in [-0.25, -0.2) is 4.98 Å². The molecule has 1 aliphatic carbocycles. The summed E-state index contributed by atoms with van der Waals surface area (Å²) in [6, 6.07) is 0.381. The van der Waals surface area contributed by atoms with Crippen LogP contribution in [0.5, 0.6) is 0 Å². The van der Waals surface area contributed by atoms with Crippen molar-refractivity contribution in [3.05, 3.63) is 16.1 Å². The summed E-state index contributed by atoms with van der Waals surface area (Å²) in [7, 11) is 0. The van der Waals surface area contributed by atoms with E-state index in [0.29, 0.717) is 6.04 Å². The molecule has 2 N–H and O–H groups in total. The molecule has 2 fully saturated rings. The zero-order chi connectivity index (χ0) is 10.3. The second kappa shape index (κ2) is 3.85. The Bertz CT molecular complexity index is 345. The second-order valence-corrected chi connectivity index (χ2v) is 5.62. The molecule has 1 aliphatic heterocycles. The summed E-state index contributed by atoms with van der Waals surface area (Å²) in [6.45, 7) is 3.17. The van der Waals surface area contributed by atoms with Gasteiger partial charge in [-0.3, -0.25) is 4.90 Å². The summed E-state index contributed by atoms with van der Waals surface area (Å²) in [5.41, 5.74) is 7.13. The van der Waals surface area contributed by atoms with E-state index in [1.165, 1.54) is 23.5 Å². The molecule has 1 atom stereocenters. The highest BCUT2D eigenvalue weighted by atomic mass is 32.1. The standard InChI is InChI=1S/C11H17N3S/c12-9-3-4-14(5-9)6-10-7-15-11(13-10)8-1-2-8/h7-9H,1-6,12H2/t9-/m0/s1. The molecule has 0 aromatic carbocycles. The number of likely N-dealkylation sites (tertiary alicyclic amines) is 1. The summed E-state index contributed by atoms with van der Waals surface area (Å²) in [5, 5.41) is 3.57. The molecule has 0 radical (unpaired) electrons. The van der Waals surface area contributed by atoms with Crippen LogP contribution in [-0.2, 0) is 6.54 Å². The lowest BCUT2D eigenvalue weighted by Gasteiger charge is -2.12. The molecule has 0 spiro atoms. The molecule has 1 aromatic rings. The number of nitrogens with two attached hydrogens (primary N) is 1. The van der Waals surface area contributed by atoms with Gasteiger partial charge in [0, 0.05) is 37.0 Å². The smallest absolute Gasteiger partial charge is 0.0959 e. The van der Waals surface area contributed by atoms with Crippen molar-refractivity contribution in [2.24, 2.45) is 5.73 Å². The number of aromatic nitrogens is 1. The second-order valence-electron chi connectivity index (χ2n) is 4.74. The lowest BCUT2D eigenvalue weighted by Crippen LogP contribution is -2.26. The van der Waals surface area contributed by atoms with Gasteiger partial charge in [0.15, 0.2) is 0 Å². The molecule has 1 saturated carbocycles. The maximum Gasteiger partial charge on any atom is 0.0959 e. The predicted molar refractivity (Wildman–Crippen MR) is 62.0 cm³/mol. The van der Waals surface area contributed by atoms with Crippen LogP contribution in [-0.4, -0.2) is 29.0 Å². The highest BCUT2D eigenvalue weighted by Gasteiger charge is 2.27. The molecular formula is C11H17N3S. The van der Waals surface area contributed by atoms with Gasteiger partial charge < -0.3 is 5.73 Å². The van der Waals surface area contributed by atoms with Gasteiger partial charge in [0.2, 0.25) is 0 Å². The van der Waals surface area contributed by atoms with E-state index in [9.17, 15) is 0 Å². The third kappa shape index (κ3) is 2.22. The van der Waals surface area contributed by atoms with Gasteiger partial charge >= 0.3 is 0 Å². The van der Waals surface area contributed by atoms with Gasteiger partial charge in [-0.15, -0.1) is 11.3 Å². The van der Waals surface area contributed by atoms with Crippen molar-refractivity contribution < 1.29 is 0 Å². The van der Waals surface area contributed by atoms with Crippen molar-refractivity contribution in [1.29, 1.82) is 0 Å². The zero-order valence-electron chi connectivity index (χ0n) is 8.85. The minimum atomic E-state index is 0.381. The van der Waals surface area contributed by atoms with Crippen molar-refractivity contribution >= 4 is 11.3 Å². The number of thiazole rings is 1. The topological polar surface area (TPSA) is 42.1 Å². The van der Waals surface area contributed by atoms with Gasteiger partial charge in [0.25, 0.3) is 0 Å². The third-order valence-corrected chi connectivity index (χ3v) is 4.25. The molecular weight excluding hydrogens is 206 g/mol. The maximum atomic E-state index is 5.88. The first kappa shape index (κ1) is 9.75. The molecule has 1 saturated heterocycles. The summed E-state index contributed by atoms with van der Waals surface area (Å²) in [5.74, 6) is 0.796.